The van der Waals surface area contributed by atoms with Gasteiger partial charge in [-0.15, -0.1) is 10.2 Å². The fraction of sp³-hybridized carbons (Fsp3) is 0.316. The van der Waals surface area contributed by atoms with E-state index in [1.807, 2.05) is 22.9 Å². The lowest BCUT2D eigenvalue weighted by atomic mass is 9.80. The smallest absolute Gasteiger partial charge is 0.204 e. The van der Waals surface area contributed by atoms with Gasteiger partial charge in [-0.25, -0.2) is 4.98 Å². The number of imidazole rings is 1. The van der Waals surface area contributed by atoms with Crippen molar-refractivity contribution in [3.05, 3.63) is 59.8 Å². The maximum Gasteiger partial charge on any atom is 0.204 e. The molecule has 4 heterocycles. The molecule has 0 aliphatic carbocycles. The molecule has 0 fully saturated rings. The van der Waals surface area contributed by atoms with Crippen molar-refractivity contribution in [2.24, 2.45) is 0 Å². The monoisotopic (exact) mass is 334 g/mol. The quantitative estimate of drug-likeness (QED) is 0.623. The minimum Gasteiger partial charge on any atom is -0.369 e. The number of rotatable bonds is 3. The van der Waals surface area contributed by atoms with Gasteiger partial charge in [0.25, 0.3) is 0 Å². The number of nitrogens with zero attached hydrogens (tertiary/aromatic N) is 5. The second kappa shape index (κ2) is 5.31. The number of aromatic nitrogens is 5. The molecule has 0 aliphatic rings. The Bertz CT molecular complexity index is 1070. The summed E-state index contributed by atoms with van der Waals surface area (Å²) in [5.74, 6) is 0.888. The van der Waals surface area contributed by atoms with Crippen LogP contribution in [0.2, 0.25) is 0 Å². The second-order valence-electron chi connectivity index (χ2n) is 7.27. The normalized spacial score (nSPS) is 12.5. The molecule has 0 radical (unpaired) electrons. The molecule has 6 heteroatoms. The number of hydrogen-bond donors (Lipinski definition) is 1. The van der Waals surface area contributed by atoms with Crippen molar-refractivity contribution in [2.45, 2.75) is 39.0 Å². The van der Waals surface area contributed by atoms with Crippen LogP contribution in [0.4, 0.5) is 5.95 Å². The van der Waals surface area contributed by atoms with E-state index in [-0.39, 0.29) is 5.41 Å². The van der Waals surface area contributed by atoms with Crippen molar-refractivity contribution in [3.63, 3.8) is 0 Å². The highest BCUT2D eigenvalue weighted by Gasteiger charge is 2.29. The molecule has 0 unspecified atom stereocenters. The highest BCUT2D eigenvalue weighted by atomic mass is 15.2. The third-order valence-corrected chi connectivity index (χ3v) is 5.02. The maximum atomic E-state index is 5.98. The van der Waals surface area contributed by atoms with Crippen LogP contribution in [0.5, 0.6) is 0 Å². The van der Waals surface area contributed by atoms with E-state index in [0.717, 1.165) is 22.4 Å². The summed E-state index contributed by atoms with van der Waals surface area (Å²) in [6, 6.07) is 8.47. The fourth-order valence-corrected chi connectivity index (χ4v) is 3.60. The zero-order chi connectivity index (χ0) is 17.8. The summed E-state index contributed by atoms with van der Waals surface area (Å²) < 4.78 is 4.02. The predicted octanol–water partition coefficient (Wildman–Crippen LogP) is 3.41. The van der Waals surface area contributed by atoms with Gasteiger partial charge in [0.05, 0.1) is 11.7 Å². The number of pyridine rings is 2. The molecule has 0 saturated heterocycles. The van der Waals surface area contributed by atoms with E-state index in [2.05, 4.69) is 65.5 Å². The summed E-state index contributed by atoms with van der Waals surface area (Å²) in [5, 5.41) is 8.50. The van der Waals surface area contributed by atoms with Crippen LogP contribution in [0.15, 0.2) is 43.0 Å². The zero-order valence-electron chi connectivity index (χ0n) is 14.9. The molecular weight excluding hydrogens is 312 g/mol. The van der Waals surface area contributed by atoms with Crippen LogP contribution >= 0.6 is 0 Å². The number of fused-ring (bicyclic) bond motifs is 2. The van der Waals surface area contributed by atoms with Gasteiger partial charge < -0.3 is 5.73 Å². The molecule has 0 aromatic carbocycles. The number of hydrogen-bond acceptors (Lipinski definition) is 4. The molecule has 6 nitrogen and oxygen atoms in total. The van der Waals surface area contributed by atoms with Gasteiger partial charge in [0.1, 0.15) is 6.33 Å². The van der Waals surface area contributed by atoms with Gasteiger partial charge in [0.15, 0.2) is 5.65 Å². The van der Waals surface area contributed by atoms with Crippen molar-refractivity contribution in [3.8, 4) is 0 Å². The van der Waals surface area contributed by atoms with Gasteiger partial charge in [-0.3, -0.25) is 8.80 Å². The number of nitrogens with two attached hydrogens (primary N) is 1. The average molecular weight is 334 g/mol. The van der Waals surface area contributed by atoms with Gasteiger partial charge in [0, 0.05) is 17.3 Å². The molecule has 128 valence electrons. The minimum atomic E-state index is -0.273. The number of nitrogen functional groups attached to an aromatic ring is 1. The van der Waals surface area contributed by atoms with Crippen molar-refractivity contribution >= 4 is 17.1 Å². The van der Waals surface area contributed by atoms with Gasteiger partial charge in [-0.2, -0.15) is 0 Å². The minimum absolute atomic E-state index is 0.273. The lowest BCUT2D eigenvalue weighted by Gasteiger charge is -2.28. The van der Waals surface area contributed by atoms with Crippen LogP contribution in [0.1, 0.15) is 50.4 Å². The van der Waals surface area contributed by atoms with Crippen molar-refractivity contribution in [1.29, 1.82) is 0 Å². The predicted molar refractivity (Wildman–Crippen MR) is 98.8 cm³/mol. The van der Waals surface area contributed by atoms with Gasteiger partial charge in [-0.1, -0.05) is 39.8 Å². The van der Waals surface area contributed by atoms with Crippen LogP contribution in [0.25, 0.3) is 11.2 Å². The van der Waals surface area contributed by atoms with Crippen molar-refractivity contribution in [2.75, 3.05) is 5.73 Å². The summed E-state index contributed by atoms with van der Waals surface area (Å²) in [6.45, 7) is 8.75. The molecule has 0 amide bonds. The lowest BCUT2D eigenvalue weighted by molar-refractivity contribution is 0.608. The molecule has 25 heavy (non-hydrogen) atoms. The molecule has 0 saturated carbocycles. The largest absolute Gasteiger partial charge is 0.369 e. The molecule has 0 bridgehead atoms. The van der Waals surface area contributed by atoms with Gasteiger partial charge in [-0.05, 0) is 29.2 Å². The first-order valence-corrected chi connectivity index (χ1v) is 8.46. The summed E-state index contributed by atoms with van der Waals surface area (Å²) >= 11 is 0. The molecule has 4 rings (SSSR count). The van der Waals surface area contributed by atoms with E-state index in [1.165, 1.54) is 5.56 Å². The topological polar surface area (TPSA) is 73.5 Å². The lowest BCUT2D eigenvalue weighted by Crippen LogP contribution is -2.23. The van der Waals surface area contributed by atoms with Crippen molar-refractivity contribution < 1.29 is 0 Å². The van der Waals surface area contributed by atoms with E-state index in [0.29, 0.717) is 11.9 Å². The van der Waals surface area contributed by atoms with Crippen LogP contribution < -0.4 is 5.73 Å². The summed E-state index contributed by atoms with van der Waals surface area (Å²) in [4.78, 5) is 4.26. The third-order valence-electron chi connectivity index (χ3n) is 5.02. The first-order valence-electron chi connectivity index (χ1n) is 8.46. The van der Waals surface area contributed by atoms with E-state index < -0.39 is 0 Å². The molecule has 2 N–H and O–H groups in total. The Morgan fingerprint density at radius 2 is 1.92 bits per heavy atom. The third kappa shape index (κ3) is 2.21. The van der Waals surface area contributed by atoms with E-state index in [4.69, 9.17) is 5.73 Å². The Balaban J connectivity index is 1.98. The SMILES string of the molecule is CC(C)c1ccc(C(C)(C)c2cccn3c(N)ncc23)n2cnnc12. The molecule has 0 spiro atoms. The van der Waals surface area contributed by atoms with E-state index in [9.17, 15) is 0 Å². The molecule has 0 atom stereocenters. The van der Waals surface area contributed by atoms with Crippen LogP contribution in [0.3, 0.4) is 0 Å². The van der Waals surface area contributed by atoms with Crippen molar-refractivity contribution in [1.82, 2.24) is 24.0 Å². The first-order chi connectivity index (χ1) is 11.9. The molecule has 0 aliphatic heterocycles. The maximum absolute atomic E-state index is 5.98. The zero-order valence-corrected chi connectivity index (χ0v) is 14.9. The Morgan fingerprint density at radius 1 is 1.12 bits per heavy atom. The van der Waals surface area contributed by atoms with Crippen LogP contribution in [-0.4, -0.2) is 24.0 Å². The summed E-state index contributed by atoms with van der Waals surface area (Å²) in [7, 11) is 0. The van der Waals surface area contributed by atoms with E-state index >= 15 is 0 Å². The number of anilines is 1. The molecular formula is C19H22N6. The summed E-state index contributed by atoms with van der Waals surface area (Å²) in [5.41, 5.74) is 11.1. The highest BCUT2D eigenvalue weighted by molar-refractivity contribution is 5.63. The first kappa shape index (κ1) is 15.6. The van der Waals surface area contributed by atoms with Crippen LogP contribution in [-0.2, 0) is 5.41 Å². The average Bonchev–Trinajstić information content (AvgIpc) is 3.20. The van der Waals surface area contributed by atoms with Gasteiger partial charge in [0.2, 0.25) is 5.95 Å². The molecule has 4 aromatic heterocycles. The Labute approximate surface area is 146 Å². The van der Waals surface area contributed by atoms with Gasteiger partial charge >= 0.3 is 0 Å². The summed E-state index contributed by atoms with van der Waals surface area (Å²) in [6.07, 6.45) is 5.56. The Hall–Kier alpha value is -2.89. The fourth-order valence-electron chi connectivity index (χ4n) is 3.60. The highest BCUT2D eigenvalue weighted by Crippen LogP contribution is 2.35. The second-order valence-corrected chi connectivity index (χ2v) is 7.27. The Morgan fingerprint density at radius 3 is 2.68 bits per heavy atom. The Kier molecular flexibility index (Phi) is 3.32. The standard InChI is InChI=1S/C19H22N6/c1-12(2)13-7-8-16(25-11-22-23-17(13)25)19(3,4)14-6-5-9-24-15(14)10-21-18(24)20/h5-12H,1-4H3,(H2,20,21). The molecule has 4 aromatic rings. The van der Waals surface area contributed by atoms with Crippen LogP contribution in [0, 0.1) is 0 Å². The van der Waals surface area contributed by atoms with E-state index in [1.54, 1.807) is 6.33 Å².